The maximum absolute atomic E-state index is 13.3. The summed E-state index contributed by atoms with van der Waals surface area (Å²) < 4.78 is 17.0. The van der Waals surface area contributed by atoms with E-state index in [1.165, 1.54) is 0 Å². The molecule has 1 saturated heterocycles. The number of nitrogens with zero attached hydrogens (tertiary/aromatic N) is 1. The molecule has 9 heteroatoms. The van der Waals surface area contributed by atoms with Crippen LogP contribution in [0.2, 0.25) is 0 Å². The fourth-order valence-electron chi connectivity index (χ4n) is 6.81. The number of rotatable bonds is 4. The van der Waals surface area contributed by atoms with Crippen LogP contribution in [-0.2, 0) is 25.6 Å². The Labute approximate surface area is 225 Å². The summed E-state index contributed by atoms with van der Waals surface area (Å²) in [4.78, 5) is 40.4. The number of ether oxygens (including phenoxy) is 3. The zero-order valence-electron chi connectivity index (χ0n) is 23.6. The number of amides is 2. The first-order chi connectivity index (χ1) is 17.6. The average molecular weight is 531 g/mol. The molecule has 2 aliphatic carbocycles. The maximum atomic E-state index is 13.3. The molecule has 0 bridgehead atoms. The number of benzene rings is 1. The van der Waals surface area contributed by atoms with E-state index in [4.69, 9.17) is 14.2 Å². The quantitative estimate of drug-likeness (QED) is 0.438. The fraction of sp³-hybridized carbons (Fsp3) is 0.690. The number of fused-ring (bicyclic) bond motifs is 2. The first kappa shape index (κ1) is 28.2. The maximum Gasteiger partial charge on any atom is 0.410 e. The Hall–Kier alpha value is -2.81. The number of aliphatic hydroxyl groups is 1. The van der Waals surface area contributed by atoms with Crippen molar-refractivity contribution in [3.63, 3.8) is 0 Å². The highest BCUT2D eigenvalue weighted by atomic mass is 16.6. The summed E-state index contributed by atoms with van der Waals surface area (Å²) in [6, 6.07) is 8.66. The Morgan fingerprint density at radius 2 is 1.82 bits per heavy atom. The van der Waals surface area contributed by atoms with Crippen LogP contribution in [0.5, 0.6) is 0 Å². The number of carbonyl (C=O) groups excluding carboxylic acids is 3. The summed E-state index contributed by atoms with van der Waals surface area (Å²) in [5.41, 5.74) is -2.41. The van der Waals surface area contributed by atoms with Gasteiger partial charge in [-0.25, -0.2) is 9.59 Å². The van der Waals surface area contributed by atoms with Crippen molar-refractivity contribution in [2.24, 2.45) is 16.7 Å². The standard InChI is InChI=1S/C29H42N2O7/c1-18-23(32)37-22-16-28(6)20(30-24(33)36-17-19-11-9-8-10-12-19)13-14-27(28,5)21(15-29(18,22)35)31(7)25(34)38-26(2,3)4/h8-12,18,20-22,35H,13-17H2,1-7H3,(H,30,33)/t18?,20-,21+,22?,27-,28-,29?/m1/s1. The molecule has 1 aliphatic heterocycles. The molecule has 3 unspecified atom stereocenters. The van der Waals surface area contributed by atoms with Crippen molar-refractivity contribution in [1.29, 1.82) is 0 Å². The lowest BCUT2D eigenvalue weighted by Gasteiger charge is -2.50. The lowest BCUT2D eigenvalue weighted by Crippen LogP contribution is -2.57. The molecule has 0 spiro atoms. The van der Waals surface area contributed by atoms with Gasteiger partial charge in [-0.2, -0.15) is 0 Å². The first-order valence-corrected chi connectivity index (χ1v) is 13.5. The second kappa shape index (κ2) is 9.74. The topological polar surface area (TPSA) is 114 Å². The molecule has 0 radical (unpaired) electrons. The second-order valence-electron chi connectivity index (χ2n) is 12.8. The van der Waals surface area contributed by atoms with E-state index in [9.17, 15) is 19.5 Å². The third-order valence-corrected chi connectivity index (χ3v) is 9.46. The summed E-state index contributed by atoms with van der Waals surface area (Å²) >= 11 is 0. The number of esters is 1. The van der Waals surface area contributed by atoms with Crippen LogP contribution in [0.1, 0.15) is 72.8 Å². The van der Waals surface area contributed by atoms with Crippen molar-refractivity contribution in [2.75, 3.05) is 7.05 Å². The third kappa shape index (κ3) is 4.85. The smallest absolute Gasteiger partial charge is 0.410 e. The van der Waals surface area contributed by atoms with Gasteiger partial charge in [0.15, 0.2) is 0 Å². The average Bonchev–Trinajstić information content (AvgIpc) is 3.17. The van der Waals surface area contributed by atoms with Crippen LogP contribution in [0.3, 0.4) is 0 Å². The molecule has 9 nitrogen and oxygen atoms in total. The van der Waals surface area contributed by atoms with E-state index < -0.39 is 58.3 Å². The summed E-state index contributed by atoms with van der Waals surface area (Å²) in [7, 11) is 1.69. The van der Waals surface area contributed by atoms with Gasteiger partial charge in [0.2, 0.25) is 0 Å². The number of hydrogen-bond acceptors (Lipinski definition) is 7. The van der Waals surface area contributed by atoms with Crippen molar-refractivity contribution >= 4 is 18.2 Å². The van der Waals surface area contributed by atoms with Gasteiger partial charge in [0.05, 0.1) is 5.92 Å². The fourth-order valence-corrected chi connectivity index (χ4v) is 6.81. The van der Waals surface area contributed by atoms with Crippen molar-refractivity contribution in [1.82, 2.24) is 10.2 Å². The molecule has 3 fully saturated rings. The molecular formula is C29H42N2O7. The van der Waals surface area contributed by atoms with Crippen molar-refractivity contribution in [3.8, 4) is 0 Å². The van der Waals surface area contributed by atoms with Crippen molar-refractivity contribution in [2.45, 2.75) is 103 Å². The van der Waals surface area contributed by atoms with Crippen LogP contribution in [-0.4, -0.2) is 64.6 Å². The Bertz CT molecular complexity index is 1070. The van der Waals surface area contributed by atoms with E-state index in [-0.39, 0.29) is 19.1 Å². The lowest BCUT2D eigenvalue weighted by molar-refractivity contribution is -0.146. The highest BCUT2D eigenvalue weighted by molar-refractivity contribution is 5.77. The van der Waals surface area contributed by atoms with Gasteiger partial charge in [0, 0.05) is 25.6 Å². The molecule has 3 aliphatic rings. The van der Waals surface area contributed by atoms with Crippen LogP contribution in [0.4, 0.5) is 9.59 Å². The van der Waals surface area contributed by atoms with Gasteiger partial charge < -0.3 is 29.5 Å². The van der Waals surface area contributed by atoms with Gasteiger partial charge in [0.25, 0.3) is 0 Å². The van der Waals surface area contributed by atoms with Crippen LogP contribution in [0, 0.1) is 16.7 Å². The predicted octanol–water partition coefficient (Wildman–Crippen LogP) is 4.41. The molecule has 4 rings (SSSR count). The normalized spacial score (nSPS) is 36.4. The van der Waals surface area contributed by atoms with Gasteiger partial charge in [-0.05, 0) is 63.4 Å². The molecule has 0 aromatic heterocycles. The monoisotopic (exact) mass is 530 g/mol. The summed E-state index contributed by atoms with van der Waals surface area (Å²) in [5, 5.41) is 15.0. The first-order valence-electron chi connectivity index (χ1n) is 13.5. The molecule has 1 aromatic carbocycles. The second-order valence-corrected chi connectivity index (χ2v) is 12.8. The zero-order valence-corrected chi connectivity index (χ0v) is 23.6. The van der Waals surface area contributed by atoms with Crippen molar-refractivity contribution in [3.05, 3.63) is 35.9 Å². The third-order valence-electron chi connectivity index (χ3n) is 9.46. The zero-order chi connectivity index (χ0) is 28.1. The van der Waals surface area contributed by atoms with E-state index in [1.54, 1.807) is 18.9 Å². The van der Waals surface area contributed by atoms with Gasteiger partial charge >= 0.3 is 18.2 Å². The molecule has 7 atom stereocenters. The number of hydrogen-bond donors (Lipinski definition) is 2. The molecule has 38 heavy (non-hydrogen) atoms. The SMILES string of the molecule is CC1C(=O)OC2C[C@]3(C)[C@H](NC(=O)OCc4ccccc4)CC[C@]3(C)[C@@H](N(C)C(=O)OC(C)(C)C)CC21O. The van der Waals surface area contributed by atoms with E-state index >= 15 is 0 Å². The van der Waals surface area contributed by atoms with Gasteiger partial charge in [0.1, 0.15) is 23.9 Å². The number of nitrogens with one attached hydrogen (secondary N) is 1. The van der Waals surface area contributed by atoms with E-state index in [0.717, 1.165) is 5.56 Å². The summed E-state index contributed by atoms with van der Waals surface area (Å²) in [5.74, 6) is -1.19. The molecule has 2 N–H and O–H groups in total. The van der Waals surface area contributed by atoms with Gasteiger partial charge in [-0.15, -0.1) is 0 Å². The molecule has 2 saturated carbocycles. The van der Waals surface area contributed by atoms with Crippen LogP contribution in [0.25, 0.3) is 0 Å². The summed E-state index contributed by atoms with van der Waals surface area (Å²) in [6.45, 7) is 11.4. The van der Waals surface area contributed by atoms with E-state index in [1.807, 2.05) is 51.1 Å². The highest BCUT2D eigenvalue weighted by Gasteiger charge is 2.69. The lowest BCUT2D eigenvalue weighted by atomic mass is 9.61. The van der Waals surface area contributed by atoms with E-state index in [2.05, 4.69) is 19.2 Å². The highest BCUT2D eigenvalue weighted by Crippen LogP contribution is 2.63. The van der Waals surface area contributed by atoms with Crippen LogP contribution >= 0.6 is 0 Å². The Kier molecular flexibility index (Phi) is 7.23. The molecule has 210 valence electrons. The van der Waals surface area contributed by atoms with E-state index in [0.29, 0.717) is 19.3 Å². The van der Waals surface area contributed by atoms with Crippen LogP contribution < -0.4 is 5.32 Å². The Morgan fingerprint density at radius 3 is 2.45 bits per heavy atom. The minimum atomic E-state index is -1.45. The van der Waals surface area contributed by atoms with Gasteiger partial charge in [-0.3, -0.25) is 4.79 Å². The van der Waals surface area contributed by atoms with Crippen LogP contribution in [0.15, 0.2) is 30.3 Å². The summed E-state index contributed by atoms with van der Waals surface area (Å²) in [6.07, 6.45) is 0.0729. The minimum absolute atomic E-state index is 0.148. The minimum Gasteiger partial charge on any atom is -0.459 e. The Morgan fingerprint density at radius 1 is 1.16 bits per heavy atom. The number of carbonyl (C=O) groups is 3. The van der Waals surface area contributed by atoms with Gasteiger partial charge in [-0.1, -0.05) is 44.2 Å². The Balaban J connectivity index is 1.64. The number of alkyl carbamates (subject to hydrolysis) is 1. The molecular weight excluding hydrogens is 488 g/mol. The molecule has 1 aromatic rings. The predicted molar refractivity (Wildman–Crippen MR) is 140 cm³/mol. The largest absolute Gasteiger partial charge is 0.459 e. The van der Waals surface area contributed by atoms with Crippen molar-refractivity contribution < 1.29 is 33.7 Å². The molecule has 1 heterocycles. The molecule has 2 amide bonds.